The number of hydrogen-bond donors (Lipinski definition) is 2. The van der Waals surface area contributed by atoms with E-state index in [0.717, 1.165) is 19.3 Å². The van der Waals surface area contributed by atoms with Crippen molar-refractivity contribution >= 4 is 34.8 Å². The molecule has 5 heteroatoms. The van der Waals surface area contributed by atoms with Gasteiger partial charge in [-0.1, -0.05) is 31.9 Å². The quantitative estimate of drug-likeness (QED) is 0.792. The highest BCUT2D eigenvalue weighted by molar-refractivity contribution is 6.33. The van der Waals surface area contributed by atoms with Gasteiger partial charge in [-0.05, 0) is 31.0 Å². The van der Waals surface area contributed by atoms with Gasteiger partial charge in [-0.25, -0.2) is 0 Å². The topological polar surface area (TPSA) is 58.2 Å². The number of amides is 2. The Morgan fingerprint density at radius 2 is 1.75 bits per heavy atom. The van der Waals surface area contributed by atoms with Crippen molar-refractivity contribution < 1.29 is 9.59 Å². The van der Waals surface area contributed by atoms with Gasteiger partial charge in [0.05, 0.1) is 10.7 Å². The molecular weight excluding hydrogens is 276 g/mol. The molecule has 4 nitrogen and oxygen atoms in total. The van der Waals surface area contributed by atoms with Gasteiger partial charge in [0.2, 0.25) is 11.8 Å². The van der Waals surface area contributed by atoms with Gasteiger partial charge >= 0.3 is 0 Å². The molecule has 0 radical (unpaired) electrons. The van der Waals surface area contributed by atoms with Crippen LogP contribution in [0.25, 0.3) is 0 Å². The molecule has 1 aromatic rings. The molecule has 0 fully saturated rings. The highest BCUT2D eigenvalue weighted by Gasteiger charge is 2.08. The summed E-state index contributed by atoms with van der Waals surface area (Å²) in [4.78, 5) is 23.2. The minimum atomic E-state index is -0.0641. The van der Waals surface area contributed by atoms with Gasteiger partial charge in [-0.15, -0.1) is 0 Å². The van der Waals surface area contributed by atoms with E-state index < -0.39 is 0 Å². The van der Waals surface area contributed by atoms with Gasteiger partial charge in [0, 0.05) is 18.5 Å². The van der Waals surface area contributed by atoms with E-state index in [0.29, 0.717) is 29.2 Å². The molecule has 0 bridgehead atoms. The van der Waals surface area contributed by atoms with Crippen molar-refractivity contribution in [1.82, 2.24) is 0 Å². The van der Waals surface area contributed by atoms with Gasteiger partial charge in [-0.3, -0.25) is 9.59 Å². The largest absolute Gasteiger partial charge is 0.326 e. The standard InChI is InChI=1S/C15H21ClN2O2/c1-3-5-7-15(20)18-13-10-11(8-9-12(13)16)17-14(19)6-4-2/h8-10H,3-7H2,1-2H3,(H,17,19)(H,18,20). The van der Waals surface area contributed by atoms with Crippen molar-refractivity contribution in [3.63, 3.8) is 0 Å². The fraction of sp³-hybridized carbons (Fsp3) is 0.467. The highest BCUT2D eigenvalue weighted by Crippen LogP contribution is 2.26. The van der Waals surface area contributed by atoms with Crippen molar-refractivity contribution in [1.29, 1.82) is 0 Å². The third-order valence-corrected chi connectivity index (χ3v) is 3.09. The van der Waals surface area contributed by atoms with E-state index in [9.17, 15) is 9.59 Å². The lowest BCUT2D eigenvalue weighted by molar-refractivity contribution is -0.117. The summed E-state index contributed by atoms with van der Waals surface area (Å²) >= 11 is 6.04. The number of carbonyl (C=O) groups is 2. The number of unbranched alkanes of at least 4 members (excludes halogenated alkanes) is 1. The number of rotatable bonds is 7. The van der Waals surface area contributed by atoms with Gasteiger partial charge in [-0.2, -0.15) is 0 Å². The molecule has 110 valence electrons. The van der Waals surface area contributed by atoms with E-state index >= 15 is 0 Å². The Labute approximate surface area is 124 Å². The SMILES string of the molecule is CCCCC(=O)Nc1cc(NC(=O)CCC)ccc1Cl. The molecular formula is C15H21ClN2O2. The molecule has 0 saturated carbocycles. The number of halogens is 1. The maximum atomic E-state index is 11.7. The summed E-state index contributed by atoms with van der Waals surface area (Å²) in [6.45, 7) is 3.98. The first kappa shape index (κ1) is 16.5. The van der Waals surface area contributed by atoms with Crippen LogP contribution >= 0.6 is 11.6 Å². The predicted octanol–water partition coefficient (Wildman–Crippen LogP) is 4.21. The number of hydrogen-bond acceptors (Lipinski definition) is 2. The third-order valence-electron chi connectivity index (χ3n) is 2.76. The number of carbonyl (C=O) groups excluding carboxylic acids is 2. The van der Waals surface area contributed by atoms with Crippen LogP contribution in [-0.4, -0.2) is 11.8 Å². The smallest absolute Gasteiger partial charge is 0.224 e. The fourth-order valence-electron chi connectivity index (χ4n) is 1.70. The van der Waals surface area contributed by atoms with E-state index in [1.165, 1.54) is 0 Å². The van der Waals surface area contributed by atoms with E-state index in [2.05, 4.69) is 10.6 Å². The second kappa shape index (κ2) is 8.59. The zero-order chi connectivity index (χ0) is 15.0. The van der Waals surface area contributed by atoms with Crippen LogP contribution in [0.5, 0.6) is 0 Å². The molecule has 0 atom stereocenters. The number of nitrogens with one attached hydrogen (secondary N) is 2. The maximum absolute atomic E-state index is 11.7. The van der Waals surface area contributed by atoms with Crippen LogP contribution < -0.4 is 10.6 Å². The van der Waals surface area contributed by atoms with Crippen molar-refractivity contribution in [2.24, 2.45) is 0 Å². The molecule has 0 saturated heterocycles. The summed E-state index contributed by atoms with van der Waals surface area (Å²) in [5.74, 6) is -0.108. The number of benzene rings is 1. The molecule has 0 aliphatic rings. The van der Waals surface area contributed by atoms with Crippen LogP contribution in [0.3, 0.4) is 0 Å². The molecule has 0 spiro atoms. The van der Waals surface area contributed by atoms with Crippen molar-refractivity contribution in [2.75, 3.05) is 10.6 Å². The van der Waals surface area contributed by atoms with Crippen molar-refractivity contribution in [3.05, 3.63) is 23.2 Å². The summed E-state index contributed by atoms with van der Waals surface area (Å²) in [7, 11) is 0. The molecule has 0 aromatic heterocycles. The zero-order valence-corrected chi connectivity index (χ0v) is 12.7. The Morgan fingerprint density at radius 3 is 2.40 bits per heavy atom. The summed E-state index contributed by atoms with van der Waals surface area (Å²) in [5.41, 5.74) is 1.17. The second-order valence-electron chi connectivity index (χ2n) is 4.64. The first-order valence-corrected chi connectivity index (χ1v) is 7.33. The molecule has 0 heterocycles. The maximum Gasteiger partial charge on any atom is 0.224 e. The van der Waals surface area contributed by atoms with Crippen LogP contribution in [0.1, 0.15) is 46.0 Å². The van der Waals surface area contributed by atoms with Gasteiger partial charge < -0.3 is 10.6 Å². The average molecular weight is 297 g/mol. The van der Waals surface area contributed by atoms with Crippen LogP contribution in [-0.2, 0) is 9.59 Å². The van der Waals surface area contributed by atoms with Crippen molar-refractivity contribution in [2.45, 2.75) is 46.0 Å². The highest BCUT2D eigenvalue weighted by atomic mass is 35.5. The second-order valence-corrected chi connectivity index (χ2v) is 5.05. The molecule has 1 rings (SSSR count). The van der Waals surface area contributed by atoms with Crippen LogP contribution in [0.2, 0.25) is 5.02 Å². The molecule has 1 aromatic carbocycles. The summed E-state index contributed by atoms with van der Waals surface area (Å²) in [6, 6.07) is 5.07. The van der Waals surface area contributed by atoms with Gasteiger partial charge in [0.15, 0.2) is 0 Å². The summed E-state index contributed by atoms with van der Waals surface area (Å²) in [6.07, 6.45) is 3.55. The summed E-state index contributed by atoms with van der Waals surface area (Å²) < 4.78 is 0. The Kier molecular flexibility index (Phi) is 7.09. The van der Waals surface area contributed by atoms with Crippen molar-refractivity contribution in [3.8, 4) is 0 Å². The third kappa shape index (κ3) is 5.61. The van der Waals surface area contributed by atoms with Gasteiger partial charge in [0.1, 0.15) is 0 Å². The van der Waals surface area contributed by atoms with Crippen LogP contribution in [0.4, 0.5) is 11.4 Å². The average Bonchev–Trinajstić information content (AvgIpc) is 2.40. The lowest BCUT2D eigenvalue weighted by Gasteiger charge is -2.10. The predicted molar refractivity (Wildman–Crippen MR) is 83.1 cm³/mol. The number of anilines is 2. The van der Waals surface area contributed by atoms with Crippen LogP contribution in [0.15, 0.2) is 18.2 Å². The molecule has 2 amide bonds. The molecule has 0 unspecified atom stereocenters. The van der Waals surface area contributed by atoms with E-state index in [1.54, 1.807) is 18.2 Å². The Balaban J connectivity index is 2.71. The van der Waals surface area contributed by atoms with E-state index in [4.69, 9.17) is 11.6 Å². The Bertz CT molecular complexity index is 475. The summed E-state index contributed by atoms with van der Waals surface area (Å²) in [5, 5.41) is 6.01. The Hall–Kier alpha value is -1.55. The fourth-order valence-corrected chi connectivity index (χ4v) is 1.86. The molecule has 0 aliphatic carbocycles. The lowest BCUT2D eigenvalue weighted by Crippen LogP contribution is -2.13. The normalized spacial score (nSPS) is 10.2. The first-order valence-electron chi connectivity index (χ1n) is 6.96. The monoisotopic (exact) mass is 296 g/mol. The Morgan fingerprint density at radius 1 is 1.05 bits per heavy atom. The molecule has 20 heavy (non-hydrogen) atoms. The first-order chi connectivity index (χ1) is 9.56. The van der Waals surface area contributed by atoms with E-state index in [-0.39, 0.29) is 11.8 Å². The minimum absolute atomic E-state index is 0.0434. The molecule has 2 N–H and O–H groups in total. The van der Waals surface area contributed by atoms with Gasteiger partial charge in [0.25, 0.3) is 0 Å². The zero-order valence-electron chi connectivity index (χ0n) is 12.0. The van der Waals surface area contributed by atoms with Crippen LogP contribution in [0, 0.1) is 0 Å². The minimum Gasteiger partial charge on any atom is -0.326 e. The van der Waals surface area contributed by atoms with E-state index in [1.807, 2.05) is 13.8 Å². The lowest BCUT2D eigenvalue weighted by atomic mass is 10.2. The molecule has 0 aliphatic heterocycles.